The minimum atomic E-state index is -0.309. The predicted molar refractivity (Wildman–Crippen MR) is 102 cm³/mol. The highest BCUT2D eigenvalue weighted by Crippen LogP contribution is 2.25. The van der Waals surface area contributed by atoms with Crippen molar-refractivity contribution in [1.29, 1.82) is 0 Å². The van der Waals surface area contributed by atoms with E-state index in [-0.39, 0.29) is 18.2 Å². The van der Waals surface area contributed by atoms with Gasteiger partial charge in [0, 0.05) is 26.1 Å². The van der Waals surface area contributed by atoms with Gasteiger partial charge >= 0.3 is 0 Å². The summed E-state index contributed by atoms with van der Waals surface area (Å²) in [6.45, 7) is 2.52. The number of hydrogen-bond acceptors (Lipinski definition) is 8. The van der Waals surface area contributed by atoms with Gasteiger partial charge in [0.2, 0.25) is 5.89 Å². The minimum absolute atomic E-state index is 0.126. The molecule has 0 aliphatic rings. The number of oxazole rings is 1. The Labute approximate surface area is 164 Å². The minimum Gasteiger partial charge on any atom is -0.484 e. The summed E-state index contributed by atoms with van der Waals surface area (Å²) in [4.78, 5) is 20.8. The molecule has 144 valence electrons. The molecule has 4 aromatic rings. The molecular formula is C18H18N6O3S. The number of fused-ring (bicyclic) bond motifs is 1. The number of rotatable bonds is 7. The summed E-state index contributed by atoms with van der Waals surface area (Å²) in [6.07, 6.45) is 3.52. The Balaban J connectivity index is 1.30. The van der Waals surface area contributed by atoms with E-state index in [0.717, 1.165) is 21.0 Å². The zero-order valence-electron chi connectivity index (χ0n) is 15.4. The van der Waals surface area contributed by atoms with Crippen molar-refractivity contribution >= 4 is 27.5 Å². The third-order valence-electron chi connectivity index (χ3n) is 4.05. The van der Waals surface area contributed by atoms with Gasteiger partial charge in [0.15, 0.2) is 12.3 Å². The van der Waals surface area contributed by atoms with Crippen molar-refractivity contribution in [3.05, 3.63) is 53.2 Å². The summed E-state index contributed by atoms with van der Waals surface area (Å²) in [6, 6.07) is 5.73. The third kappa shape index (κ3) is 4.01. The molecule has 0 spiro atoms. The van der Waals surface area contributed by atoms with Gasteiger partial charge in [-0.15, -0.1) is 21.5 Å². The Morgan fingerprint density at radius 1 is 1.36 bits per heavy atom. The van der Waals surface area contributed by atoms with E-state index < -0.39 is 0 Å². The lowest BCUT2D eigenvalue weighted by molar-refractivity contribution is 0.0949. The van der Waals surface area contributed by atoms with Crippen LogP contribution >= 0.6 is 11.3 Å². The average Bonchev–Trinajstić information content (AvgIpc) is 3.39. The fourth-order valence-corrected chi connectivity index (χ4v) is 3.46. The molecule has 3 aromatic heterocycles. The fourth-order valence-electron chi connectivity index (χ4n) is 2.65. The molecule has 0 unspecified atom stereocenters. The number of nitrogens with zero attached hydrogens (tertiary/aromatic N) is 5. The second kappa shape index (κ2) is 7.77. The first-order chi connectivity index (χ1) is 13.6. The SMILES string of the molecule is Cc1nc2cc(OCc3nc(C(=O)NCCc4nncn4C)co3)ccc2s1. The molecule has 4 rings (SSSR count). The Morgan fingerprint density at radius 3 is 3.07 bits per heavy atom. The van der Waals surface area contributed by atoms with Crippen molar-refractivity contribution in [2.24, 2.45) is 7.05 Å². The van der Waals surface area contributed by atoms with Gasteiger partial charge in [0.25, 0.3) is 5.91 Å². The molecule has 0 fully saturated rings. The molecule has 9 nitrogen and oxygen atoms in total. The van der Waals surface area contributed by atoms with Gasteiger partial charge in [-0.05, 0) is 19.1 Å². The molecule has 0 radical (unpaired) electrons. The number of benzene rings is 1. The van der Waals surface area contributed by atoms with E-state index in [1.54, 1.807) is 17.7 Å². The van der Waals surface area contributed by atoms with Crippen molar-refractivity contribution in [1.82, 2.24) is 30.0 Å². The van der Waals surface area contributed by atoms with Gasteiger partial charge in [0.05, 0.1) is 15.2 Å². The normalized spacial score (nSPS) is 11.1. The average molecular weight is 398 g/mol. The number of nitrogens with one attached hydrogen (secondary N) is 1. The molecule has 0 aliphatic heterocycles. The summed E-state index contributed by atoms with van der Waals surface area (Å²) >= 11 is 1.64. The van der Waals surface area contributed by atoms with Crippen LogP contribution in [0.2, 0.25) is 0 Å². The van der Waals surface area contributed by atoms with E-state index >= 15 is 0 Å². The summed E-state index contributed by atoms with van der Waals surface area (Å²) in [5, 5.41) is 11.6. The van der Waals surface area contributed by atoms with Crippen LogP contribution in [0.15, 0.2) is 35.2 Å². The standard InChI is InChI=1S/C18H18N6O3S/c1-11-21-13-7-12(3-4-15(13)28-11)26-9-17-22-14(8-27-17)18(25)19-6-5-16-23-20-10-24(16)2/h3-4,7-8,10H,5-6,9H2,1-2H3,(H,19,25). The molecule has 0 aliphatic carbocycles. The van der Waals surface area contributed by atoms with Crippen LogP contribution in [0.5, 0.6) is 5.75 Å². The number of carbonyl (C=O) groups excluding carboxylic acids is 1. The van der Waals surface area contributed by atoms with Crippen molar-refractivity contribution in [2.45, 2.75) is 20.0 Å². The van der Waals surface area contributed by atoms with Gasteiger partial charge in [-0.3, -0.25) is 4.79 Å². The summed E-state index contributed by atoms with van der Waals surface area (Å²) < 4.78 is 14.0. The Bertz CT molecular complexity index is 1120. The smallest absolute Gasteiger partial charge is 0.273 e. The molecule has 3 heterocycles. The first-order valence-electron chi connectivity index (χ1n) is 8.64. The van der Waals surface area contributed by atoms with E-state index in [1.807, 2.05) is 36.7 Å². The molecule has 1 amide bonds. The van der Waals surface area contributed by atoms with Crippen molar-refractivity contribution in [3.63, 3.8) is 0 Å². The van der Waals surface area contributed by atoms with Crippen LogP contribution in [0.25, 0.3) is 10.2 Å². The maximum absolute atomic E-state index is 12.2. The van der Waals surface area contributed by atoms with Gasteiger partial charge in [-0.2, -0.15) is 0 Å². The molecule has 0 atom stereocenters. The fraction of sp³-hybridized carbons (Fsp3) is 0.278. The van der Waals surface area contributed by atoms with E-state index in [1.165, 1.54) is 6.26 Å². The second-order valence-corrected chi connectivity index (χ2v) is 7.38. The molecule has 1 N–H and O–H groups in total. The Hall–Kier alpha value is -3.27. The lowest BCUT2D eigenvalue weighted by Crippen LogP contribution is -2.26. The number of carbonyl (C=O) groups is 1. The topological polar surface area (TPSA) is 108 Å². The summed E-state index contributed by atoms with van der Waals surface area (Å²) in [5.74, 6) is 1.48. The van der Waals surface area contributed by atoms with Crippen molar-refractivity contribution in [2.75, 3.05) is 6.54 Å². The van der Waals surface area contributed by atoms with Gasteiger partial charge in [0.1, 0.15) is 24.2 Å². The zero-order valence-corrected chi connectivity index (χ0v) is 16.2. The number of amides is 1. The highest BCUT2D eigenvalue weighted by molar-refractivity contribution is 7.18. The monoisotopic (exact) mass is 398 g/mol. The Morgan fingerprint density at radius 2 is 2.25 bits per heavy atom. The highest BCUT2D eigenvalue weighted by Gasteiger charge is 2.13. The lowest BCUT2D eigenvalue weighted by atomic mass is 10.3. The van der Waals surface area contributed by atoms with Crippen LogP contribution < -0.4 is 10.1 Å². The molecular weight excluding hydrogens is 380 g/mol. The molecule has 28 heavy (non-hydrogen) atoms. The predicted octanol–water partition coefficient (Wildman–Crippen LogP) is 2.27. The Kier molecular flexibility index (Phi) is 5.02. The number of aromatic nitrogens is 5. The lowest BCUT2D eigenvalue weighted by Gasteiger charge is -2.03. The third-order valence-corrected chi connectivity index (χ3v) is 5.00. The van der Waals surface area contributed by atoms with Gasteiger partial charge in [-0.25, -0.2) is 9.97 Å². The van der Waals surface area contributed by atoms with Crippen LogP contribution in [-0.4, -0.2) is 37.2 Å². The molecule has 1 aromatic carbocycles. The first-order valence-corrected chi connectivity index (χ1v) is 9.45. The van der Waals surface area contributed by atoms with Crippen LogP contribution in [0.1, 0.15) is 27.2 Å². The van der Waals surface area contributed by atoms with Crippen LogP contribution in [0.3, 0.4) is 0 Å². The highest BCUT2D eigenvalue weighted by atomic mass is 32.1. The number of hydrogen-bond donors (Lipinski definition) is 1. The second-order valence-electron chi connectivity index (χ2n) is 6.14. The van der Waals surface area contributed by atoms with Crippen LogP contribution in [0.4, 0.5) is 0 Å². The molecule has 10 heteroatoms. The quantitative estimate of drug-likeness (QED) is 0.509. The molecule has 0 bridgehead atoms. The van der Waals surface area contributed by atoms with Crippen LogP contribution in [0, 0.1) is 6.92 Å². The van der Waals surface area contributed by atoms with Crippen molar-refractivity contribution in [3.8, 4) is 5.75 Å². The molecule has 0 saturated carbocycles. The zero-order chi connectivity index (χ0) is 19.5. The number of thiazole rings is 1. The van der Waals surface area contributed by atoms with E-state index in [4.69, 9.17) is 9.15 Å². The van der Waals surface area contributed by atoms with E-state index in [9.17, 15) is 4.79 Å². The maximum atomic E-state index is 12.2. The number of ether oxygens (including phenoxy) is 1. The van der Waals surface area contributed by atoms with Crippen molar-refractivity contribution < 1.29 is 13.9 Å². The first kappa shape index (κ1) is 18.1. The van der Waals surface area contributed by atoms with E-state index in [2.05, 4.69) is 25.5 Å². The number of aryl methyl sites for hydroxylation is 2. The largest absolute Gasteiger partial charge is 0.484 e. The molecule has 0 saturated heterocycles. The summed E-state index contributed by atoms with van der Waals surface area (Å²) in [7, 11) is 1.86. The van der Waals surface area contributed by atoms with Gasteiger partial charge in [-0.1, -0.05) is 0 Å². The van der Waals surface area contributed by atoms with Crippen LogP contribution in [-0.2, 0) is 20.1 Å². The summed E-state index contributed by atoms with van der Waals surface area (Å²) in [5.41, 5.74) is 1.11. The van der Waals surface area contributed by atoms with E-state index in [0.29, 0.717) is 24.6 Å². The maximum Gasteiger partial charge on any atom is 0.273 e. The van der Waals surface area contributed by atoms with Gasteiger partial charge < -0.3 is 19.0 Å².